The average molecular weight is 424 g/mol. The summed E-state index contributed by atoms with van der Waals surface area (Å²) in [4.78, 5) is 31.2. The van der Waals surface area contributed by atoms with E-state index in [0.717, 1.165) is 17.5 Å². The monoisotopic (exact) mass is 423 g/mol. The van der Waals surface area contributed by atoms with Crippen molar-refractivity contribution in [3.05, 3.63) is 75.5 Å². The number of aromatic nitrogens is 2. The zero-order valence-corrected chi connectivity index (χ0v) is 17.6. The van der Waals surface area contributed by atoms with Crippen LogP contribution in [-0.4, -0.2) is 44.2 Å². The largest absolute Gasteiger partial charge is 0.388 e. The molecule has 7 heteroatoms. The van der Waals surface area contributed by atoms with Crippen molar-refractivity contribution in [2.24, 2.45) is 0 Å². The van der Waals surface area contributed by atoms with Gasteiger partial charge in [-0.2, -0.15) is 11.3 Å². The molecule has 1 fully saturated rings. The first kappa shape index (κ1) is 20.5. The van der Waals surface area contributed by atoms with Gasteiger partial charge in [-0.3, -0.25) is 14.2 Å². The first-order chi connectivity index (χ1) is 14.5. The van der Waals surface area contributed by atoms with Gasteiger partial charge in [0.25, 0.3) is 5.56 Å². The number of nitrogens with zero attached hydrogens (tertiary/aromatic N) is 3. The van der Waals surface area contributed by atoms with Gasteiger partial charge in [0.2, 0.25) is 5.91 Å². The van der Waals surface area contributed by atoms with Crippen molar-refractivity contribution in [1.82, 2.24) is 14.5 Å². The van der Waals surface area contributed by atoms with E-state index in [1.165, 1.54) is 17.0 Å². The maximum Gasteiger partial charge on any atom is 0.253 e. The molecule has 0 saturated carbocycles. The minimum absolute atomic E-state index is 0.111. The quantitative estimate of drug-likeness (QED) is 0.661. The molecule has 0 radical (unpaired) electrons. The third-order valence-electron chi connectivity index (χ3n) is 5.68. The van der Waals surface area contributed by atoms with Crippen molar-refractivity contribution in [1.29, 1.82) is 0 Å². The Hall–Kier alpha value is -2.77. The smallest absolute Gasteiger partial charge is 0.253 e. The molecule has 2 aromatic heterocycles. The van der Waals surface area contributed by atoms with Crippen molar-refractivity contribution >= 4 is 17.2 Å². The summed E-state index contributed by atoms with van der Waals surface area (Å²) in [7, 11) is 0. The molecule has 1 N–H and O–H groups in total. The standard InChI is InChI=1S/C23H25N3O3S/c27-21(7-6-18-4-2-1-3-5-18)25-11-9-23(29,10-12-25)16-26-17-24-20(14-22(26)28)19-8-13-30-15-19/h1-5,8,13-15,17,29H,6-7,9-12,16H2. The van der Waals surface area contributed by atoms with E-state index in [4.69, 9.17) is 0 Å². The molecule has 6 nitrogen and oxygen atoms in total. The number of piperidine rings is 1. The van der Waals surface area contributed by atoms with Gasteiger partial charge < -0.3 is 10.0 Å². The van der Waals surface area contributed by atoms with Crippen LogP contribution >= 0.6 is 11.3 Å². The second-order valence-electron chi connectivity index (χ2n) is 7.84. The molecule has 1 aromatic carbocycles. The maximum absolute atomic E-state index is 12.5. The normalized spacial score (nSPS) is 15.8. The van der Waals surface area contributed by atoms with Crippen molar-refractivity contribution < 1.29 is 9.90 Å². The number of hydrogen-bond acceptors (Lipinski definition) is 5. The summed E-state index contributed by atoms with van der Waals surface area (Å²) < 4.78 is 1.46. The Kier molecular flexibility index (Phi) is 6.11. The van der Waals surface area contributed by atoms with Crippen LogP contribution < -0.4 is 5.56 Å². The summed E-state index contributed by atoms with van der Waals surface area (Å²) in [5.74, 6) is 0.111. The molecule has 1 amide bonds. The fourth-order valence-corrected chi connectivity index (χ4v) is 4.46. The molecule has 0 atom stereocenters. The molecule has 1 aliphatic rings. The lowest BCUT2D eigenvalue weighted by Crippen LogP contribution is -2.49. The molecule has 0 aliphatic carbocycles. The minimum Gasteiger partial charge on any atom is -0.388 e. The number of aliphatic hydroxyl groups is 1. The molecule has 3 aromatic rings. The summed E-state index contributed by atoms with van der Waals surface area (Å²) in [5, 5.41) is 14.9. The van der Waals surface area contributed by atoms with Crippen LogP contribution in [0, 0.1) is 0 Å². The number of thiophene rings is 1. The van der Waals surface area contributed by atoms with Crippen molar-refractivity contribution in [3.63, 3.8) is 0 Å². The Bertz CT molecular complexity index is 1040. The maximum atomic E-state index is 12.5. The van der Waals surface area contributed by atoms with E-state index in [1.807, 2.05) is 52.1 Å². The Balaban J connectivity index is 1.32. The number of carbonyl (C=O) groups is 1. The van der Waals surface area contributed by atoms with Crippen LogP contribution in [0.2, 0.25) is 0 Å². The van der Waals surface area contributed by atoms with Gasteiger partial charge in [0.1, 0.15) is 0 Å². The molecular weight excluding hydrogens is 398 g/mol. The molecule has 0 unspecified atom stereocenters. The minimum atomic E-state index is -1.01. The van der Waals surface area contributed by atoms with Gasteiger partial charge in [0.05, 0.1) is 24.2 Å². The molecule has 156 valence electrons. The zero-order chi connectivity index (χ0) is 21.0. The SMILES string of the molecule is O=C(CCc1ccccc1)N1CCC(O)(Cn2cnc(-c3ccsc3)cc2=O)CC1. The lowest BCUT2D eigenvalue weighted by atomic mass is 9.91. The van der Waals surface area contributed by atoms with Crippen LogP contribution in [0.15, 0.2) is 64.3 Å². The lowest BCUT2D eigenvalue weighted by molar-refractivity contribution is -0.135. The summed E-state index contributed by atoms with van der Waals surface area (Å²) in [6.07, 6.45) is 3.59. The first-order valence-electron chi connectivity index (χ1n) is 10.2. The number of carbonyl (C=O) groups excluding carboxylic acids is 1. The Morgan fingerprint density at radius 3 is 2.60 bits per heavy atom. The van der Waals surface area contributed by atoms with Gasteiger partial charge in [-0.15, -0.1) is 0 Å². The molecule has 1 saturated heterocycles. The number of rotatable bonds is 6. The topological polar surface area (TPSA) is 75.4 Å². The van der Waals surface area contributed by atoms with Crippen LogP contribution in [0.5, 0.6) is 0 Å². The predicted molar refractivity (Wildman–Crippen MR) is 117 cm³/mol. The summed E-state index contributed by atoms with van der Waals surface area (Å²) >= 11 is 1.56. The summed E-state index contributed by atoms with van der Waals surface area (Å²) in [6.45, 7) is 1.19. The van der Waals surface area contributed by atoms with E-state index >= 15 is 0 Å². The second kappa shape index (κ2) is 8.93. The molecule has 3 heterocycles. The number of aryl methyl sites for hydroxylation is 1. The van der Waals surface area contributed by atoms with E-state index in [0.29, 0.717) is 38.0 Å². The number of hydrogen-bond donors (Lipinski definition) is 1. The Labute approximate surface area is 179 Å². The van der Waals surface area contributed by atoms with Crippen LogP contribution in [-0.2, 0) is 17.8 Å². The highest BCUT2D eigenvalue weighted by molar-refractivity contribution is 7.08. The van der Waals surface area contributed by atoms with Gasteiger partial charge in [-0.1, -0.05) is 30.3 Å². The molecular formula is C23H25N3O3S. The number of benzene rings is 1. The molecule has 0 bridgehead atoms. The highest BCUT2D eigenvalue weighted by atomic mass is 32.1. The van der Waals surface area contributed by atoms with E-state index in [9.17, 15) is 14.7 Å². The van der Waals surface area contributed by atoms with Gasteiger partial charge in [-0.05, 0) is 36.3 Å². The molecule has 30 heavy (non-hydrogen) atoms. The molecule has 4 rings (SSSR count). The summed E-state index contributed by atoms with van der Waals surface area (Å²) in [5.41, 5.74) is 1.53. The van der Waals surface area contributed by atoms with E-state index in [-0.39, 0.29) is 18.0 Å². The van der Waals surface area contributed by atoms with Crippen LogP contribution in [0.4, 0.5) is 0 Å². The highest BCUT2D eigenvalue weighted by Gasteiger charge is 2.34. The lowest BCUT2D eigenvalue weighted by Gasteiger charge is -2.38. The summed E-state index contributed by atoms with van der Waals surface area (Å²) in [6, 6.07) is 13.4. The average Bonchev–Trinajstić information content (AvgIpc) is 3.30. The first-order valence-corrected chi connectivity index (χ1v) is 11.1. The van der Waals surface area contributed by atoms with Crippen LogP contribution in [0.1, 0.15) is 24.8 Å². The number of amides is 1. The predicted octanol–water partition coefficient (Wildman–Crippen LogP) is 2.96. The molecule has 0 spiro atoms. The van der Waals surface area contributed by atoms with Gasteiger partial charge in [-0.25, -0.2) is 4.98 Å². The molecule has 1 aliphatic heterocycles. The van der Waals surface area contributed by atoms with Crippen LogP contribution in [0.25, 0.3) is 11.3 Å². The van der Waals surface area contributed by atoms with E-state index < -0.39 is 5.60 Å². The Morgan fingerprint density at radius 2 is 1.93 bits per heavy atom. The van der Waals surface area contributed by atoms with Gasteiger partial charge in [0, 0.05) is 36.5 Å². The second-order valence-corrected chi connectivity index (χ2v) is 8.62. The fourth-order valence-electron chi connectivity index (χ4n) is 3.81. The fraction of sp³-hybridized carbons (Fsp3) is 0.348. The van der Waals surface area contributed by atoms with Gasteiger partial charge in [0.15, 0.2) is 0 Å². The van der Waals surface area contributed by atoms with Crippen LogP contribution in [0.3, 0.4) is 0 Å². The third-order valence-corrected chi connectivity index (χ3v) is 6.36. The van der Waals surface area contributed by atoms with Crippen molar-refractivity contribution in [2.45, 2.75) is 37.8 Å². The van der Waals surface area contributed by atoms with Crippen molar-refractivity contribution in [3.8, 4) is 11.3 Å². The Morgan fingerprint density at radius 1 is 1.17 bits per heavy atom. The number of likely N-dealkylation sites (tertiary alicyclic amines) is 1. The highest BCUT2D eigenvalue weighted by Crippen LogP contribution is 2.25. The van der Waals surface area contributed by atoms with Gasteiger partial charge >= 0.3 is 0 Å². The third kappa shape index (κ3) is 4.86. The van der Waals surface area contributed by atoms with E-state index in [2.05, 4.69) is 4.98 Å². The van der Waals surface area contributed by atoms with E-state index in [1.54, 1.807) is 11.3 Å². The van der Waals surface area contributed by atoms with Crippen molar-refractivity contribution in [2.75, 3.05) is 13.1 Å². The zero-order valence-electron chi connectivity index (χ0n) is 16.7.